The van der Waals surface area contributed by atoms with E-state index in [9.17, 15) is 30.6 Å². The number of ether oxygens (including phenoxy) is 3. The number of fused-ring (bicyclic) bond motifs is 12. The molecule has 6 heterocycles. The van der Waals surface area contributed by atoms with E-state index < -0.39 is 36.8 Å². The maximum absolute atomic E-state index is 9.95. The normalized spacial score (nSPS) is 12.3. The number of unbranched alkanes of at least 4 members (excludes halogenated alkanes) is 7. The van der Waals surface area contributed by atoms with Crippen LogP contribution in [0.5, 0.6) is 51.7 Å². The number of aryl methyl sites for hydroxylation is 1. The van der Waals surface area contributed by atoms with E-state index in [0.29, 0.717) is 25.6 Å². The molecule has 0 saturated carbocycles. The van der Waals surface area contributed by atoms with Crippen molar-refractivity contribution in [1.82, 2.24) is 4.98 Å². The number of hydrogen-bond acceptors (Lipinski definition) is 13. The third-order valence-electron chi connectivity index (χ3n) is 21.1. The second kappa shape index (κ2) is 37.8. The van der Waals surface area contributed by atoms with Gasteiger partial charge in [0.05, 0.1) is 16.3 Å². The molecular weight excluding hydrogens is 1620 g/mol. The van der Waals surface area contributed by atoms with Gasteiger partial charge in [-0.15, -0.1) is 0 Å². The molecule has 12 nitrogen and oxygen atoms in total. The fourth-order valence-electron chi connectivity index (χ4n) is 15.4. The maximum atomic E-state index is 9.95. The second-order valence-corrected chi connectivity index (χ2v) is 57.3. The number of rotatable bonds is 24. The number of aromatic nitrogens is 1. The molecule has 0 bridgehead atoms. The molecule has 0 atom stereocenters. The molecule has 0 fully saturated rings. The molecule has 3 aliphatic heterocycles. The molecule has 9 aromatic carbocycles. The molecule has 556 valence electrons. The summed E-state index contributed by atoms with van der Waals surface area (Å²) in [6, 6.07) is 46.5. The van der Waals surface area contributed by atoms with Crippen LogP contribution in [0.15, 0.2) is 189 Å². The first-order valence-corrected chi connectivity index (χ1v) is 55.1. The SMILES string of the molecule is CCCCc1c2c(cc3ccc(O)cc13)-c1ccc(O)cc1CO2.CCC[CH2][Sn]([CH2]CCC)([CH2]CCC)[c]1ccco1.CCC[CH2][Sn]([CH2]CCC)([CH2]CCC)[c]1nccs1.Oc1ccc2c(c1)COc1c-2cc2ccc(O)cc2c1-c1ccco1.Oc1ccc2c(c1)COc1c-2cc2ccc(O)cc2c1Br. The molecule has 0 amide bonds. The van der Waals surface area contributed by atoms with E-state index in [-0.39, 0.29) is 34.5 Å². The fraction of sp³-hybridized carbons (Fsp3) is 0.344. The first-order valence-electron chi connectivity index (χ1n) is 38.4. The summed E-state index contributed by atoms with van der Waals surface area (Å²) >= 11 is 1.22. The summed E-state index contributed by atoms with van der Waals surface area (Å²) in [6.07, 6.45) is 25.2. The minimum absolute atomic E-state index is 0.196. The van der Waals surface area contributed by atoms with Gasteiger partial charge in [-0.05, 0) is 170 Å². The molecule has 12 aromatic rings. The Morgan fingerprint density at radius 1 is 0.396 bits per heavy atom. The summed E-state index contributed by atoms with van der Waals surface area (Å²) in [4.78, 5) is 4.76. The van der Waals surface area contributed by atoms with Gasteiger partial charge in [0.1, 0.15) is 77.3 Å². The van der Waals surface area contributed by atoms with Crippen molar-refractivity contribution in [2.45, 2.75) is 191 Å². The van der Waals surface area contributed by atoms with Gasteiger partial charge in [-0.25, -0.2) is 0 Å². The van der Waals surface area contributed by atoms with Gasteiger partial charge in [0.25, 0.3) is 0 Å². The first kappa shape index (κ1) is 79.3. The Hall–Kier alpha value is -7.77. The summed E-state index contributed by atoms with van der Waals surface area (Å²) in [7, 11) is 0. The topological polar surface area (TPSA) is 188 Å². The Morgan fingerprint density at radius 3 is 1.25 bits per heavy atom. The molecule has 0 saturated heterocycles. The van der Waals surface area contributed by atoms with E-state index in [2.05, 4.69) is 88.0 Å². The van der Waals surface area contributed by atoms with Gasteiger partial charge in [-0.3, -0.25) is 0 Å². The summed E-state index contributed by atoms with van der Waals surface area (Å²) in [5.74, 6) is 4.53. The molecule has 3 aliphatic rings. The predicted molar refractivity (Wildman–Crippen MR) is 445 cm³/mol. The van der Waals surface area contributed by atoms with Crippen molar-refractivity contribution in [2.75, 3.05) is 0 Å². The molecule has 3 aromatic heterocycles. The van der Waals surface area contributed by atoms with Gasteiger partial charge in [0.15, 0.2) is 0 Å². The molecule has 15 rings (SSSR count). The van der Waals surface area contributed by atoms with Crippen molar-refractivity contribution in [3.63, 3.8) is 0 Å². The van der Waals surface area contributed by atoms with E-state index in [1.165, 1.54) is 99.7 Å². The van der Waals surface area contributed by atoms with Gasteiger partial charge < -0.3 is 49.3 Å². The smallest absolute Gasteiger partial charge is 0.142 e. The number of thiazole rings is 1. The minimum Gasteiger partial charge on any atom is -0.508 e. The quantitative estimate of drug-likeness (QED) is 0.0315. The van der Waals surface area contributed by atoms with Crippen LogP contribution in [0.25, 0.3) is 77.0 Å². The third kappa shape index (κ3) is 18.7. The molecule has 0 radical (unpaired) electrons. The number of furan rings is 2. The molecule has 6 N–H and O–H groups in total. The zero-order chi connectivity index (χ0) is 74.7. The van der Waals surface area contributed by atoms with Gasteiger partial charge in [-0.1, -0.05) is 49.7 Å². The minimum atomic E-state index is -2.20. The van der Waals surface area contributed by atoms with Crippen LogP contribution in [0.2, 0.25) is 26.6 Å². The van der Waals surface area contributed by atoms with Crippen molar-refractivity contribution < 1.29 is 53.7 Å². The molecule has 106 heavy (non-hydrogen) atoms. The van der Waals surface area contributed by atoms with Crippen LogP contribution in [-0.2, 0) is 26.2 Å². The van der Waals surface area contributed by atoms with Crippen LogP contribution in [0, 0.1) is 0 Å². The molecule has 0 aliphatic carbocycles. The van der Waals surface area contributed by atoms with Crippen molar-refractivity contribution in [3.8, 4) is 96.5 Å². The Balaban J connectivity index is 0.000000133. The average Bonchev–Trinajstić information content (AvgIpc) is 1.28. The van der Waals surface area contributed by atoms with E-state index in [0.717, 1.165) is 129 Å². The van der Waals surface area contributed by atoms with Crippen molar-refractivity contribution in [2.24, 2.45) is 0 Å². The van der Waals surface area contributed by atoms with Crippen LogP contribution in [0.4, 0.5) is 0 Å². The Morgan fingerprint density at radius 2 is 0.792 bits per heavy atom. The number of hydrogen-bond donors (Lipinski definition) is 6. The van der Waals surface area contributed by atoms with Crippen molar-refractivity contribution >= 4 is 103 Å². The zero-order valence-corrected chi connectivity index (χ0v) is 70.8. The number of phenolic OH excluding ortho intramolecular Hbond substituents is 6. The van der Waals surface area contributed by atoms with Crippen molar-refractivity contribution in [3.05, 3.63) is 202 Å². The van der Waals surface area contributed by atoms with Crippen LogP contribution in [-0.4, -0.2) is 72.4 Å². The van der Waals surface area contributed by atoms with Crippen LogP contribution < -0.4 is 21.0 Å². The fourth-order valence-corrected chi connectivity index (χ4v) is 50.5. The van der Waals surface area contributed by atoms with E-state index in [1.807, 2.05) is 90.5 Å². The number of nitrogens with zero attached hydrogens (tertiary/aromatic N) is 1. The Labute approximate surface area is 646 Å². The van der Waals surface area contributed by atoms with E-state index >= 15 is 0 Å². The standard InChI is InChI=1S/C21H14O4.C21H20O3.C17H11BrO3.C4H3O.6C4H9.C3H2NS.2Sn/c22-14-5-6-16-13(8-14)11-25-21-18(16)9-12-3-4-15(23)10-17(12)20(21)19-2-1-7-24-19;1-2-3-4-18-19-11-16(23)6-5-13(19)10-20-17-8-7-15(22)9-14(17)12-24-21(18)20;18-16-14-7-12(20)2-1-9(14)6-15-13-4-3-11(19)5-10(13)8-21-17(15)16;1-2-4-5-3-1;6*1-3-4-2;1-2-5-3-4-1;;/h1-10,22-23H,11H2;5-11,22-23H,2-4,12H2,1H3;1-7,19-20H,8H2;1-3H;6*1,3-4H2,2H3;1-2H;;. The predicted octanol–water partition coefficient (Wildman–Crippen LogP) is 25.3. The van der Waals surface area contributed by atoms with E-state index in [4.69, 9.17) is 28.0 Å². The third-order valence-corrected chi connectivity index (χ3v) is 55.5. The van der Waals surface area contributed by atoms with E-state index in [1.54, 1.807) is 89.3 Å². The van der Waals surface area contributed by atoms with Crippen molar-refractivity contribution in [1.29, 1.82) is 0 Å². The zero-order valence-electron chi connectivity index (χ0n) is 62.7. The van der Waals surface area contributed by atoms with Gasteiger partial charge in [0, 0.05) is 49.7 Å². The summed E-state index contributed by atoms with van der Waals surface area (Å²) in [5, 5.41) is 66.7. The molecule has 0 spiro atoms. The number of halogens is 1. The van der Waals surface area contributed by atoms with Gasteiger partial charge in [-0.2, -0.15) is 0 Å². The summed E-state index contributed by atoms with van der Waals surface area (Å²) in [6.45, 7) is 17.4. The molecule has 16 heteroatoms. The monoisotopic (exact) mass is 1730 g/mol. The second-order valence-electron chi connectivity index (χ2n) is 28.6. The Kier molecular flexibility index (Phi) is 28.3. The summed E-state index contributed by atoms with van der Waals surface area (Å²) < 4.78 is 42.5. The van der Waals surface area contributed by atoms with Crippen LogP contribution in [0.3, 0.4) is 0 Å². The average molecular weight is 1730 g/mol. The molecule has 0 unspecified atom stereocenters. The first-order chi connectivity index (χ1) is 51.6. The Bertz CT molecular complexity index is 4760. The largest absolute Gasteiger partial charge is 0.508 e. The summed E-state index contributed by atoms with van der Waals surface area (Å²) in [5.41, 5.74) is 11.1. The van der Waals surface area contributed by atoms with Gasteiger partial charge >= 0.3 is 239 Å². The van der Waals surface area contributed by atoms with Crippen LogP contribution in [0.1, 0.15) is 161 Å². The maximum Gasteiger partial charge on any atom is 0.142 e. The van der Waals surface area contributed by atoms with Crippen LogP contribution >= 0.6 is 27.3 Å². The number of benzene rings is 9. The number of aromatic hydroxyl groups is 6. The number of phenols is 6. The molecular formula is C90H104BrNO11SSn2. The van der Waals surface area contributed by atoms with Gasteiger partial charge in [0.2, 0.25) is 0 Å².